The third-order valence-corrected chi connectivity index (χ3v) is 3.08. The summed E-state index contributed by atoms with van der Waals surface area (Å²) in [5, 5.41) is 3.35. The Bertz CT molecular complexity index is 372. The molecule has 1 aliphatic heterocycles. The van der Waals surface area contributed by atoms with Gasteiger partial charge in [0.05, 0.1) is 0 Å². The van der Waals surface area contributed by atoms with Crippen molar-refractivity contribution >= 4 is 12.0 Å². The zero-order valence-corrected chi connectivity index (χ0v) is 9.92. The summed E-state index contributed by atoms with van der Waals surface area (Å²) < 4.78 is 0. The lowest BCUT2D eigenvalue weighted by Gasteiger charge is -2.32. The van der Waals surface area contributed by atoms with Crippen molar-refractivity contribution in [3.8, 4) is 0 Å². The highest BCUT2D eigenvalue weighted by atomic mass is 16.1. The number of hydrogen-bond acceptors (Lipinski definition) is 3. The van der Waals surface area contributed by atoms with Crippen LogP contribution in [-0.4, -0.2) is 32.5 Å². The Balaban J connectivity index is 2.35. The van der Waals surface area contributed by atoms with Gasteiger partial charge in [0.25, 0.3) is 0 Å². The molecule has 86 valence electrons. The lowest BCUT2D eigenvalue weighted by molar-refractivity contribution is 0.112. The molecule has 3 nitrogen and oxygen atoms in total. The molecule has 16 heavy (non-hydrogen) atoms. The first-order valence-electron chi connectivity index (χ1n) is 5.74. The van der Waals surface area contributed by atoms with Crippen LogP contribution in [0.5, 0.6) is 0 Å². The van der Waals surface area contributed by atoms with Gasteiger partial charge >= 0.3 is 0 Å². The maximum atomic E-state index is 10.8. The molecule has 0 aliphatic carbocycles. The Morgan fingerprint density at radius 1 is 1.19 bits per heavy atom. The molecule has 1 saturated heterocycles. The van der Waals surface area contributed by atoms with Gasteiger partial charge in [-0.15, -0.1) is 0 Å². The zero-order valence-electron chi connectivity index (χ0n) is 9.92. The normalized spacial score (nSPS) is 16.2. The standard InChI is InChI=1S/C13H18N2O/c1-10-7-12(9-16)8-11(2)13(10)15-5-3-14-4-6-15/h7-9,14H,3-6H2,1-2H3. The predicted molar refractivity (Wildman–Crippen MR) is 66.4 cm³/mol. The number of aldehydes is 1. The Morgan fingerprint density at radius 3 is 2.25 bits per heavy atom. The van der Waals surface area contributed by atoms with Gasteiger partial charge in [0.15, 0.2) is 0 Å². The second-order valence-electron chi connectivity index (χ2n) is 4.36. The predicted octanol–water partition coefficient (Wildman–Crippen LogP) is 1.53. The highest BCUT2D eigenvalue weighted by Crippen LogP contribution is 2.26. The number of benzene rings is 1. The van der Waals surface area contributed by atoms with E-state index in [1.165, 1.54) is 16.8 Å². The van der Waals surface area contributed by atoms with E-state index in [0.29, 0.717) is 0 Å². The van der Waals surface area contributed by atoms with Crippen LogP contribution in [0.3, 0.4) is 0 Å². The quantitative estimate of drug-likeness (QED) is 0.764. The van der Waals surface area contributed by atoms with E-state index in [1.54, 1.807) is 0 Å². The number of carbonyl (C=O) groups excluding carboxylic acids is 1. The van der Waals surface area contributed by atoms with E-state index < -0.39 is 0 Å². The van der Waals surface area contributed by atoms with Crippen LogP contribution >= 0.6 is 0 Å². The van der Waals surface area contributed by atoms with Crippen molar-refractivity contribution in [2.75, 3.05) is 31.1 Å². The van der Waals surface area contributed by atoms with Gasteiger partial charge in [-0.25, -0.2) is 0 Å². The lowest BCUT2D eigenvalue weighted by Crippen LogP contribution is -2.44. The van der Waals surface area contributed by atoms with Crippen LogP contribution in [0, 0.1) is 13.8 Å². The molecule has 0 saturated carbocycles. The molecule has 0 spiro atoms. The molecule has 0 amide bonds. The molecule has 1 aliphatic rings. The van der Waals surface area contributed by atoms with Gasteiger partial charge in [-0.05, 0) is 37.1 Å². The average Bonchev–Trinajstić information content (AvgIpc) is 2.29. The summed E-state index contributed by atoms with van der Waals surface area (Å²) >= 11 is 0. The number of hydrogen-bond donors (Lipinski definition) is 1. The van der Waals surface area contributed by atoms with E-state index >= 15 is 0 Å². The summed E-state index contributed by atoms with van der Waals surface area (Å²) in [6.07, 6.45) is 0.918. The van der Waals surface area contributed by atoms with Crippen molar-refractivity contribution in [3.05, 3.63) is 28.8 Å². The Kier molecular flexibility index (Phi) is 3.25. The average molecular weight is 218 g/mol. The van der Waals surface area contributed by atoms with Crippen LogP contribution in [-0.2, 0) is 0 Å². The summed E-state index contributed by atoms with van der Waals surface area (Å²) in [7, 11) is 0. The number of nitrogens with zero attached hydrogens (tertiary/aromatic N) is 1. The van der Waals surface area contributed by atoms with Gasteiger partial charge in [-0.3, -0.25) is 4.79 Å². The van der Waals surface area contributed by atoms with Gasteiger partial charge in [-0.2, -0.15) is 0 Å². The molecule has 1 N–H and O–H groups in total. The molecule has 0 atom stereocenters. The molecular formula is C13H18N2O. The summed E-state index contributed by atoms with van der Waals surface area (Å²) in [6.45, 7) is 8.32. The van der Waals surface area contributed by atoms with Crippen LogP contribution in [0.2, 0.25) is 0 Å². The Hall–Kier alpha value is -1.35. The Labute approximate surface area is 96.5 Å². The van der Waals surface area contributed by atoms with Crippen molar-refractivity contribution in [1.29, 1.82) is 0 Å². The van der Waals surface area contributed by atoms with Crippen LogP contribution < -0.4 is 10.2 Å². The number of carbonyl (C=O) groups is 1. The molecule has 0 bridgehead atoms. The van der Waals surface area contributed by atoms with Crippen molar-refractivity contribution < 1.29 is 4.79 Å². The molecule has 1 aromatic carbocycles. The van der Waals surface area contributed by atoms with Crippen molar-refractivity contribution in [2.24, 2.45) is 0 Å². The van der Waals surface area contributed by atoms with Gasteiger partial charge in [0, 0.05) is 37.4 Å². The first kappa shape index (κ1) is 11.1. The third kappa shape index (κ3) is 2.09. The van der Waals surface area contributed by atoms with Gasteiger partial charge in [0.2, 0.25) is 0 Å². The molecule has 0 aromatic heterocycles. The summed E-state index contributed by atoms with van der Waals surface area (Å²) in [4.78, 5) is 13.2. The fourth-order valence-electron chi connectivity index (χ4n) is 2.44. The minimum atomic E-state index is 0.772. The van der Waals surface area contributed by atoms with Gasteiger partial charge < -0.3 is 10.2 Å². The number of rotatable bonds is 2. The van der Waals surface area contributed by atoms with E-state index in [4.69, 9.17) is 0 Å². The fraction of sp³-hybridized carbons (Fsp3) is 0.462. The topological polar surface area (TPSA) is 32.3 Å². The molecule has 1 heterocycles. The second-order valence-corrected chi connectivity index (χ2v) is 4.36. The first-order chi connectivity index (χ1) is 7.72. The van der Waals surface area contributed by atoms with Crippen LogP contribution in [0.25, 0.3) is 0 Å². The smallest absolute Gasteiger partial charge is 0.150 e. The summed E-state index contributed by atoms with van der Waals surface area (Å²) in [5.74, 6) is 0. The van der Waals surface area contributed by atoms with Crippen molar-refractivity contribution in [2.45, 2.75) is 13.8 Å². The SMILES string of the molecule is Cc1cc(C=O)cc(C)c1N1CCNCC1. The molecule has 0 radical (unpaired) electrons. The van der Waals surface area contributed by atoms with Crippen LogP contribution in [0.1, 0.15) is 21.5 Å². The van der Waals surface area contributed by atoms with E-state index in [9.17, 15) is 4.79 Å². The van der Waals surface area contributed by atoms with E-state index in [-0.39, 0.29) is 0 Å². The monoisotopic (exact) mass is 218 g/mol. The molecule has 1 fully saturated rings. The van der Waals surface area contributed by atoms with Crippen molar-refractivity contribution in [1.82, 2.24) is 5.32 Å². The Morgan fingerprint density at radius 2 is 1.75 bits per heavy atom. The second kappa shape index (κ2) is 4.66. The summed E-state index contributed by atoms with van der Waals surface area (Å²) in [5.41, 5.74) is 4.47. The largest absolute Gasteiger partial charge is 0.369 e. The van der Waals surface area contributed by atoms with Crippen LogP contribution in [0.4, 0.5) is 5.69 Å². The lowest BCUT2D eigenvalue weighted by atomic mass is 10.0. The van der Waals surface area contributed by atoms with Gasteiger partial charge in [0.1, 0.15) is 6.29 Å². The number of anilines is 1. The first-order valence-corrected chi connectivity index (χ1v) is 5.74. The number of aryl methyl sites for hydroxylation is 2. The van der Waals surface area contributed by atoms with E-state index in [1.807, 2.05) is 12.1 Å². The number of piperazine rings is 1. The third-order valence-electron chi connectivity index (χ3n) is 3.08. The van der Waals surface area contributed by atoms with E-state index in [0.717, 1.165) is 38.0 Å². The van der Waals surface area contributed by atoms with Gasteiger partial charge in [-0.1, -0.05) is 0 Å². The minimum Gasteiger partial charge on any atom is -0.369 e. The highest BCUT2D eigenvalue weighted by molar-refractivity contribution is 5.78. The zero-order chi connectivity index (χ0) is 11.5. The maximum Gasteiger partial charge on any atom is 0.150 e. The molecule has 3 heteroatoms. The van der Waals surface area contributed by atoms with E-state index in [2.05, 4.69) is 24.1 Å². The molecule has 2 rings (SSSR count). The van der Waals surface area contributed by atoms with Crippen molar-refractivity contribution in [3.63, 3.8) is 0 Å². The molecular weight excluding hydrogens is 200 g/mol. The molecule has 0 unspecified atom stereocenters. The highest BCUT2D eigenvalue weighted by Gasteiger charge is 2.15. The minimum absolute atomic E-state index is 0.772. The summed E-state index contributed by atoms with van der Waals surface area (Å²) in [6, 6.07) is 3.94. The maximum absolute atomic E-state index is 10.8. The van der Waals surface area contributed by atoms with Crippen LogP contribution in [0.15, 0.2) is 12.1 Å². The number of nitrogens with one attached hydrogen (secondary N) is 1. The fourth-order valence-corrected chi connectivity index (χ4v) is 2.44. The molecule has 1 aromatic rings.